The van der Waals surface area contributed by atoms with Crippen molar-refractivity contribution in [3.05, 3.63) is 71.2 Å². The van der Waals surface area contributed by atoms with Crippen LogP contribution in [0.2, 0.25) is 0 Å². The zero-order chi connectivity index (χ0) is 23.6. The van der Waals surface area contributed by atoms with Crippen LogP contribution in [-0.2, 0) is 17.7 Å². The summed E-state index contributed by atoms with van der Waals surface area (Å²) in [4.78, 5) is 14.0. The van der Waals surface area contributed by atoms with Crippen LogP contribution >= 0.6 is 0 Å². The number of fused-ring (bicyclic) bond motifs is 1. The molecule has 0 aliphatic carbocycles. The van der Waals surface area contributed by atoms with Crippen molar-refractivity contribution in [2.24, 2.45) is 5.92 Å². The van der Waals surface area contributed by atoms with Crippen LogP contribution in [0.1, 0.15) is 48.2 Å². The molecule has 4 rings (SSSR count). The van der Waals surface area contributed by atoms with Crippen LogP contribution in [0.4, 0.5) is 4.39 Å². The monoisotopic (exact) mass is 452 g/mol. The van der Waals surface area contributed by atoms with Crippen LogP contribution in [-0.4, -0.2) is 52.9 Å². The van der Waals surface area contributed by atoms with E-state index < -0.39 is 5.60 Å². The van der Waals surface area contributed by atoms with E-state index in [9.17, 15) is 14.3 Å². The third kappa shape index (κ3) is 5.63. The molecule has 1 aliphatic rings. The van der Waals surface area contributed by atoms with Gasteiger partial charge in [-0.2, -0.15) is 0 Å². The predicted molar refractivity (Wildman–Crippen MR) is 128 cm³/mol. The molecule has 3 aromatic rings. The highest BCUT2D eigenvalue weighted by molar-refractivity contribution is 5.89. The van der Waals surface area contributed by atoms with E-state index in [0.717, 1.165) is 49.1 Å². The molecule has 1 aromatic heterocycles. The third-order valence-corrected chi connectivity index (χ3v) is 6.48. The highest BCUT2D eigenvalue weighted by Gasteiger charge is 2.25. The van der Waals surface area contributed by atoms with E-state index in [-0.39, 0.29) is 11.8 Å². The van der Waals surface area contributed by atoms with E-state index in [2.05, 4.69) is 15.7 Å². The summed E-state index contributed by atoms with van der Waals surface area (Å²) in [7, 11) is 1.37. The second kappa shape index (κ2) is 9.65. The van der Waals surface area contributed by atoms with Gasteiger partial charge in [0.15, 0.2) is 0 Å². The quantitative estimate of drug-likeness (QED) is 0.531. The number of halogens is 1. The number of aliphatic hydroxyl groups is 1. The molecule has 0 amide bonds. The first kappa shape index (κ1) is 23.5. The summed E-state index contributed by atoms with van der Waals surface area (Å²) in [6, 6.07) is 12.6. The molecule has 0 atom stereocenters. The molecule has 33 heavy (non-hydrogen) atoms. The number of rotatable bonds is 7. The third-order valence-electron chi connectivity index (χ3n) is 6.48. The Balaban J connectivity index is 1.51. The first-order valence-electron chi connectivity index (χ1n) is 11.6. The average molecular weight is 453 g/mol. The highest BCUT2D eigenvalue weighted by Crippen LogP contribution is 2.29. The molecule has 0 unspecified atom stereocenters. The molecule has 0 spiro atoms. The molecule has 5 nitrogen and oxygen atoms in total. The number of piperidine rings is 1. The minimum Gasteiger partial charge on any atom is -0.465 e. The molecule has 1 saturated heterocycles. The number of carbonyl (C=O) groups excluding carboxylic acids is 1. The van der Waals surface area contributed by atoms with Crippen LogP contribution in [0, 0.1) is 11.7 Å². The number of nitrogens with zero attached hydrogens (tertiary/aromatic N) is 2. The highest BCUT2D eigenvalue weighted by atomic mass is 19.1. The van der Waals surface area contributed by atoms with Gasteiger partial charge in [-0.1, -0.05) is 18.2 Å². The van der Waals surface area contributed by atoms with Crippen molar-refractivity contribution in [1.82, 2.24) is 9.47 Å². The maximum absolute atomic E-state index is 14.9. The Hall–Kier alpha value is -2.70. The normalized spacial score (nSPS) is 15.8. The minimum atomic E-state index is -0.676. The number of aromatic nitrogens is 1. The Morgan fingerprint density at radius 3 is 2.48 bits per heavy atom. The maximum atomic E-state index is 14.9. The van der Waals surface area contributed by atoms with Gasteiger partial charge in [0.1, 0.15) is 5.82 Å². The van der Waals surface area contributed by atoms with Crippen molar-refractivity contribution in [2.75, 3.05) is 26.7 Å². The molecule has 0 saturated carbocycles. The topological polar surface area (TPSA) is 54.7 Å². The molecule has 176 valence electrons. The Morgan fingerprint density at radius 2 is 1.85 bits per heavy atom. The van der Waals surface area contributed by atoms with Gasteiger partial charge in [-0.25, -0.2) is 9.18 Å². The molecule has 1 fully saturated rings. The summed E-state index contributed by atoms with van der Waals surface area (Å²) in [5, 5.41) is 10.8. The molecule has 0 radical (unpaired) electrons. The molecule has 1 N–H and O–H groups in total. The first-order valence-corrected chi connectivity index (χ1v) is 11.6. The Bertz CT molecular complexity index is 1110. The van der Waals surface area contributed by atoms with E-state index >= 15 is 0 Å². The fourth-order valence-electron chi connectivity index (χ4n) is 4.93. The number of hydrogen-bond acceptors (Lipinski definition) is 4. The van der Waals surface area contributed by atoms with Crippen LogP contribution in [0.25, 0.3) is 10.9 Å². The SMILES string of the molecule is COC(=O)c1ccc(Cc2cn(CC3CCN(CC(C)(C)O)CC3)c3cccc(F)c23)cc1. The standard InChI is InChI=1S/C27H33FN2O3/c1-27(2,32)18-29-13-11-20(12-14-29)16-30-17-22(25-23(28)5-4-6-24(25)30)15-19-7-9-21(10-8-19)26(31)33-3/h4-10,17,20,32H,11-16,18H2,1-3H3. The van der Waals surface area contributed by atoms with Crippen LogP contribution in [0.3, 0.4) is 0 Å². The summed E-state index contributed by atoms with van der Waals surface area (Å²) >= 11 is 0. The second-order valence-corrected chi connectivity index (χ2v) is 9.84. The molecule has 2 aromatic carbocycles. The van der Waals surface area contributed by atoms with Gasteiger partial charge >= 0.3 is 5.97 Å². The number of carbonyl (C=O) groups is 1. The zero-order valence-corrected chi connectivity index (χ0v) is 19.7. The Kier molecular flexibility index (Phi) is 6.86. The number of ether oxygens (including phenoxy) is 1. The van der Waals surface area contributed by atoms with Crippen LogP contribution in [0.15, 0.2) is 48.7 Å². The molecule has 6 heteroatoms. The summed E-state index contributed by atoms with van der Waals surface area (Å²) in [6.45, 7) is 7.20. The smallest absolute Gasteiger partial charge is 0.337 e. The van der Waals surface area contributed by atoms with Crippen molar-refractivity contribution in [3.63, 3.8) is 0 Å². The number of likely N-dealkylation sites (tertiary alicyclic amines) is 1. The minimum absolute atomic E-state index is 0.201. The lowest BCUT2D eigenvalue weighted by molar-refractivity contribution is 0.0235. The largest absolute Gasteiger partial charge is 0.465 e. The number of esters is 1. The van der Waals surface area contributed by atoms with E-state index in [1.165, 1.54) is 13.2 Å². The number of benzene rings is 2. The maximum Gasteiger partial charge on any atom is 0.337 e. The van der Waals surface area contributed by atoms with Gasteiger partial charge in [-0.15, -0.1) is 0 Å². The average Bonchev–Trinajstić information content (AvgIpc) is 3.12. The van der Waals surface area contributed by atoms with E-state index in [1.807, 2.05) is 32.0 Å². The van der Waals surface area contributed by atoms with Gasteiger partial charge in [-0.3, -0.25) is 0 Å². The summed E-state index contributed by atoms with van der Waals surface area (Å²) < 4.78 is 21.8. The van der Waals surface area contributed by atoms with Gasteiger partial charge in [0.05, 0.1) is 23.8 Å². The number of β-amino-alcohol motifs (C(OH)–C–C–N with tert-alkyl or cyclic N) is 1. The Labute approximate surface area is 194 Å². The second-order valence-electron chi connectivity index (χ2n) is 9.84. The van der Waals surface area contributed by atoms with Gasteiger partial charge in [0, 0.05) is 24.7 Å². The van der Waals surface area contributed by atoms with Crippen molar-refractivity contribution in [1.29, 1.82) is 0 Å². The molecule has 0 bridgehead atoms. The fraction of sp³-hybridized carbons (Fsp3) is 0.444. The molecule has 2 heterocycles. The van der Waals surface area contributed by atoms with Crippen LogP contribution < -0.4 is 0 Å². The lowest BCUT2D eigenvalue weighted by atomic mass is 9.95. The number of hydrogen-bond donors (Lipinski definition) is 1. The first-order chi connectivity index (χ1) is 15.7. The molecule has 1 aliphatic heterocycles. The van der Waals surface area contributed by atoms with Gasteiger partial charge in [0.2, 0.25) is 0 Å². The van der Waals surface area contributed by atoms with Crippen molar-refractivity contribution >= 4 is 16.9 Å². The lowest BCUT2D eigenvalue weighted by Crippen LogP contribution is -2.43. The van der Waals surface area contributed by atoms with E-state index in [1.54, 1.807) is 18.2 Å². The lowest BCUT2D eigenvalue weighted by Gasteiger charge is -2.35. The van der Waals surface area contributed by atoms with E-state index in [4.69, 9.17) is 4.74 Å². The van der Waals surface area contributed by atoms with E-state index in [0.29, 0.717) is 29.8 Å². The van der Waals surface area contributed by atoms with Gasteiger partial charge < -0.3 is 19.3 Å². The Morgan fingerprint density at radius 1 is 1.15 bits per heavy atom. The van der Waals surface area contributed by atoms with Crippen molar-refractivity contribution in [2.45, 2.75) is 45.3 Å². The van der Waals surface area contributed by atoms with Gasteiger partial charge in [-0.05, 0) is 87.5 Å². The molecular formula is C27H33FN2O3. The fourth-order valence-corrected chi connectivity index (χ4v) is 4.93. The van der Waals surface area contributed by atoms with Crippen molar-refractivity contribution in [3.8, 4) is 0 Å². The molecular weight excluding hydrogens is 419 g/mol. The van der Waals surface area contributed by atoms with Gasteiger partial charge in [0.25, 0.3) is 0 Å². The zero-order valence-electron chi connectivity index (χ0n) is 19.7. The summed E-state index contributed by atoms with van der Waals surface area (Å²) in [5.41, 5.74) is 2.73. The van der Waals surface area contributed by atoms with Crippen molar-refractivity contribution < 1.29 is 19.0 Å². The van der Waals surface area contributed by atoms with Crippen LogP contribution in [0.5, 0.6) is 0 Å². The predicted octanol–water partition coefficient (Wildman–Crippen LogP) is 4.64. The number of methoxy groups -OCH3 is 1. The summed E-state index contributed by atoms with van der Waals surface area (Å²) in [5.74, 6) is -0.0423. The summed E-state index contributed by atoms with van der Waals surface area (Å²) in [6.07, 6.45) is 4.81.